The number of alkyl halides is 1. The van der Waals surface area contributed by atoms with Gasteiger partial charge in [-0.3, -0.25) is 4.57 Å². The first-order valence-electron chi connectivity index (χ1n) is 6.26. The second kappa shape index (κ2) is 5.92. The van der Waals surface area contributed by atoms with Crippen LogP contribution in [0.1, 0.15) is 18.1 Å². The topological polar surface area (TPSA) is 17.8 Å². The summed E-state index contributed by atoms with van der Waals surface area (Å²) in [5.41, 5.74) is 2.62. The zero-order valence-electron chi connectivity index (χ0n) is 10.9. The van der Waals surface area contributed by atoms with Crippen LogP contribution in [0.25, 0.3) is 16.7 Å². The Morgan fingerprint density at radius 3 is 2.33 bits per heavy atom. The van der Waals surface area contributed by atoms with E-state index in [2.05, 4.69) is 36.8 Å². The number of fused-ring (bicyclic) bond motifs is 1. The Balaban J connectivity index is 2.48. The molecule has 0 N–H and O–H groups in total. The minimum absolute atomic E-state index is 0.243. The van der Waals surface area contributed by atoms with Gasteiger partial charge >= 0.3 is 0 Å². The molecule has 2 nitrogen and oxygen atoms in total. The lowest BCUT2D eigenvalue weighted by Gasteiger charge is -2.14. The summed E-state index contributed by atoms with van der Waals surface area (Å²) in [5.74, 6) is 0.757. The van der Waals surface area contributed by atoms with Gasteiger partial charge in [0.15, 0.2) is 0 Å². The van der Waals surface area contributed by atoms with Gasteiger partial charge in [0, 0.05) is 8.95 Å². The van der Waals surface area contributed by atoms with Crippen LogP contribution >= 0.6 is 55.1 Å². The van der Waals surface area contributed by atoms with Gasteiger partial charge in [0.05, 0.1) is 27.1 Å². The predicted molar refractivity (Wildman–Crippen MR) is 95.7 cm³/mol. The van der Waals surface area contributed by atoms with E-state index in [0.29, 0.717) is 5.02 Å². The highest BCUT2D eigenvalue weighted by molar-refractivity contribution is 9.11. The Kier molecular flexibility index (Phi) is 4.33. The molecule has 0 spiro atoms. The summed E-state index contributed by atoms with van der Waals surface area (Å²) in [4.78, 5) is 4.64. The second-order valence-electron chi connectivity index (χ2n) is 4.60. The number of hydrogen-bond acceptors (Lipinski definition) is 1. The van der Waals surface area contributed by atoms with Gasteiger partial charge in [0.1, 0.15) is 5.82 Å². The summed E-state index contributed by atoms with van der Waals surface area (Å²) >= 11 is 19.9. The van der Waals surface area contributed by atoms with Crippen LogP contribution in [0.5, 0.6) is 0 Å². The van der Waals surface area contributed by atoms with E-state index in [9.17, 15) is 0 Å². The van der Waals surface area contributed by atoms with Crippen molar-refractivity contribution in [1.82, 2.24) is 9.55 Å². The van der Waals surface area contributed by atoms with E-state index in [-0.39, 0.29) is 5.38 Å². The Labute approximate surface area is 149 Å². The summed E-state index contributed by atoms with van der Waals surface area (Å²) in [7, 11) is 0. The van der Waals surface area contributed by atoms with Crippen LogP contribution < -0.4 is 0 Å². The first-order chi connectivity index (χ1) is 10.0. The molecule has 2 aromatic carbocycles. The van der Waals surface area contributed by atoms with Crippen molar-refractivity contribution < 1.29 is 0 Å². The molecule has 1 unspecified atom stereocenters. The lowest BCUT2D eigenvalue weighted by molar-refractivity contribution is 0.878. The van der Waals surface area contributed by atoms with Crippen LogP contribution in [-0.4, -0.2) is 9.55 Å². The van der Waals surface area contributed by atoms with Crippen molar-refractivity contribution >= 4 is 66.1 Å². The Hall–Kier alpha value is -0.550. The van der Waals surface area contributed by atoms with Crippen molar-refractivity contribution in [2.45, 2.75) is 12.3 Å². The number of imidazole rings is 1. The largest absolute Gasteiger partial charge is 0.291 e. The molecule has 0 saturated heterocycles. The number of aromatic nitrogens is 2. The average molecular weight is 449 g/mol. The molecule has 108 valence electrons. The molecule has 0 amide bonds. The highest BCUT2D eigenvalue weighted by Crippen LogP contribution is 2.37. The molecule has 21 heavy (non-hydrogen) atoms. The Morgan fingerprint density at radius 1 is 1.10 bits per heavy atom. The fourth-order valence-corrected chi connectivity index (χ4v) is 4.05. The molecule has 1 atom stereocenters. The van der Waals surface area contributed by atoms with Crippen LogP contribution in [0.2, 0.25) is 5.02 Å². The van der Waals surface area contributed by atoms with Gasteiger partial charge in [-0.05, 0) is 63.0 Å². The molecule has 0 fully saturated rings. The summed E-state index contributed by atoms with van der Waals surface area (Å²) in [6.45, 7) is 1.90. The summed E-state index contributed by atoms with van der Waals surface area (Å²) in [6, 6.07) is 11.6. The highest BCUT2D eigenvalue weighted by Gasteiger charge is 2.21. The number of nitrogens with zero attached hydrogens (tertiary/aromatic N) is 2. The zero-order valence-corrected chi connectivity index (χ0v) is 15.6. The number of benzene rings is 2. The van der Waals surface area contributed by atoms with Crippen molar-refractivity contribution in [3.8, 4) is 5.69 Å². The van der Waals surface area contributed by atoms with Gasteiger partial charge in [-0.1, -0.05) is 23.7 Å². The molecule has 0 bridgehead atoms. The number of rotatable bonds is 2. The van der Waals surface area contributed by atoms with Crippen molar-refractivity contribution in [2.24, 2.45) is 0 Å². The predicted octanol–water partition coefficient (Wildman–Crippen LogP) is 6.50. The number of halogens is 4. The third-order valence-electron chi connectivity index (χ3n) is 3.17. The minimum atomic E-state index is -0.243. The normalized spacial score (nSPS) is 12.8. The van der Waals surface area contributed by atoms with Gasteiger partial charge in [0.25, 0.3) is 0 Å². The van der Waals surface area contributed by atoms with E-state index in [1.807, 2.05) is 47.9 Å². The smallest absolute Gasteiger partial charge is 0.132 e. The van der Waals surface area contributed by atoms with Gasteiger partial charge in [0.2, 0.25) is 0 Å². The van der Waals surface area contributed by atoms with Crippen molar-refractivity contribution in [2.75, 3.05) is 0 Å². The monoisotopic (exact) mass is 446 g/mol. The second-order valence-corrected chi connectivity index (χ2v) is 7.37. The third kappa shape index (κ3) is 2.63. The molecule has 1 aromatic heterocycles. The fraction of sp³-hybridized carbons (Fsp3) is 0.133. The number of hydrogen-bond donors (Lipinski definition) is 0. The van der Waals surface area contributed by atoms with E-state index in [1.54, 1.807) is 0 Å². The van der Waals surface area contributed by atoms with Gasteiger partial charge in [-0.2, -0.15) is 0 Å². The first-order valence-corrected chi connectivity index (χ1v) is 8.66. The zero-order chi connectivity index (χ0) is 15.1. The highest BCUT2D eigenvalue weighted by atomic mass is 79.9. The molecule has 3 rings (SSSR count). The number of para-hydroxylation sites is 2. The maximum absolute atomic E-state index is 6.40. The molecule has 0 aliphatic rings. The summed E-state index contributed by atoms with van der Waals surface area (Å²) in [5, 5.41) is 0.402. The summed E-state index contributed by atoms with van der Waals surface area (Å²) in [6.07, 6.45) is 0. The standard InChI is InChI=1S/C15H10Br2Cl2N2/c1-8(18)15-20-12-7-3-6-11(19)14(12)21(15)13-9(16)4-2-5-10(13)17/h2-8H,1H3. The first kappa shape index (κ1) is 15.3. The van der Waals surface area contributed by atoms with E-state index in [1.165, 1.54) is 0 Å². The van der Waals surface area contributed by atoms with Gasteiger partial charge in [-0.15, -0.1) is 11.6 Å². The van der Waals surface area contributed by atoms with Crippen LogP contribution in [0.15, 0.2) is 45.3 Å². The van der Waals surface area contributed by atoms with Crippen LogP contribution in [-0.2, 0) is 0 Å². The van der Waals surface area contributed by atoms with E-state index in [4.69, 9.17) is 23.2 Å². The van der Waals surface area contributed by atoms with E-state index >= 15 is 0 Å². The van der Waals surface area contributed by atoms with Crippen molar-refractivity contribution in [3.05, 3.63) is 56.2 Å². The summed E-state index contributed by atoms with van der Waals surface area (Å²) < 4.78 is 3.88. The van der Waals surface area contributed by atoms with Crippen molar-refractivity contribution in [1.29, 1.82) is 0 Å². The SMILES string of the molecule is CC(Cl)c1nc2cccc(Cl)c2n1-c1c(Br)cccc1Br. The van der Waals surface area contributed by atoms with Gasteiger partial charge in [-0.25, -0.2) is 4.98 Å². The molecule has 6 heteroatoms. The van der Waals surface area contributed by atoms with E-state index < -0.39 is 0 Å². The third-order valence-corrected chi connectivity index (χ3v) is 4.95. The molecule has 0 aliphatic carbocycles. The maximum Gasteiger partial charge on any atom is 0.132 e. The Bertz CT molecular complexity index is 808. The van der Waals surface area contributed by atoms with Gasteiger partial charge < -0.3 is 0 Å². The lowest BCUT2D eigenvalue weighted by Crippen LogP contribution is -2.04. The molecule has 0 aliphatic heterocycles. The van der Waals surface area contributed by atoms with Crippen LogP contribution in [0.4, 0.5) is 0 Å². The molecule has 0 radical (unpaired) electrons. The quantitative estimate of drug-likeness (QED) is 0.409. The lowest BCUT2D eigenvalue weighted by atomic mass is 10.2. The maximum atomic E-state index is 6.40. The molecule has 3 aromatic rings. The van der Waals surface area contributed by atoms with Crippen LogP contribution in [0.3, 0.4) is 0 Å². The average Bonchev–Trinajstić information content (AvgIpc) is 2.80. The molecular formula is C15H10Br2Cl2N2. The molecule has 1 heterocycles. The molecule has 0 saturated carbocycles. The van der Waals surface area contributed by atoms with E-state index in [0.717, 1.165) is 31.5 Å². The Morgan fingerprint density at radius 2 is 1.71 bits per heavy atom. The molecular weight excluding hydrogens is 439 g/mol. The van der Waals surface area contributed by atoms with Crippen LogP contribution in [0, 0.1) is 0 Å². The fourth-order valence-electron chi connectivity index (χ4n) is 2.30. The van der Waals surface area contributed by atoms with Crippen molar-refractivity contribution in [3.63, 3.8) is 0 Å². The minimum Gasteiger partial charge on any atom is -0.291 e.